The molecule has 0 spiro atoms. The maximum atomic E-state index is 12.6. The van der Waals surface area contributed by atoms with E-state index >= 15 is 0 Å². The zero-order valence-corrected chi connectivity index (χ0v) is 15.1. The van der Waals surface area contributed by atoms with Crippen molar-refractivity contribution in [3.8, 4) is 0 Å². The summed E-state index contributed by atoms with van der Waals surface area (Å²) in [5, 5.41) is 8.89. The lowest BCUT2D eigenvalue weighted by molar-refractivity contribution is -0.116. The molecule has 2 N–H and O–H groups in total. The summed E-state index contributed by atoms with van der Waals surface area (Å²) in [5.74, 6) is -1.16. The number of hydrogen-bond donors (Lipinski definition) is 2. The maximum absolute atomic E-state index is 12.6. The molecule has 0 saturated heterocycles. The van der Waals surface area contributed by atoms with E-state index in [1.54, 1.807) is 17.0 Å². The molecular weight excluding hydrogens is 356 g/mol. The highest BCUT2D eigenvalue weighted by atomic mass is 32.2. The van der Waals surface area contributed by atoms with Crippen LogP contribution in [0, 0.1) is 0 Å². The molecule has 0 aromatic heterocycles. The highest BCUT2D eigenvalue weighted by Crippen LogP contribution is 2.34. The largest absolute Gasteiger partial charge is 0.478 e. The minimum atomic E-state index is -3.82. The number of aromatic carboxylic acids is 1. The van der Waals surface area contributed by atoms with Gasteiger partial charge >= 0.3 is 5.97 Å². The third-order valence-electron chi connectivity index (χ3n) is 4.30. The Bertz CT molecular complexity index is 983. The van der Waals surface area contributed by atoms with Crippen LogP contribution in [-0.4, -0.2) is 31.4 Å². The van der Waals surface area contributed by atoms with Gasteiger partial charge < -0.3 is 10.0 Å². The molecule has 1 heterocycles. The molecule has 0 unspecified atom stereocenters. The van der Waals surface area contributed by atoms with Crippen LogP contribution in [0.15, 0.2) is 47.4 Å². The molecule has 7 nitrogen and oxygen atoms in total. The standard InChI is InChI=1S/C18H18N2O5S/c1-11-9-14-10-16(7-8-17(14)20(11)12(2)21)26(24,25)19-15-5-3-13(4-6-15)18(22)23/h3-8,10-11,19H,9H2,1-2H3,(H,22,23)/t11-/m0/s1. The Labute approximate surface area is 151 Å². The van der Waals surface area contributed by atoms with E-state index < -0.39 is 16.0 Å². The van der Waals surface area contributed by atoms with Crippen LogP contribution in [0.1, 0.15) is 29.8 Å². The number of fused-ring (bicyclic) bond motifs is 1. The van der Waals surface area contributed by atoms with Crippen molar-refractivity contribution in [3.63, 3.8) is 0 Å². The summed E-state index contributed by atoms with van der Waals surface area (Å²) in [5.41, 5.74) is 1.88. The zero-order valence-electron chi connectivity index (χ0n) is 14.3. The minimum absolute atomic E-state index is 0.0167. The average molecular weight is 374 g/mol. The molecule has 1 aliphatic rings. The number of anilines is 2. The molecule has 2 aromatic carbocycles. The number of sulfonamides is 1. The predicted octanol–water partition coefficient (Wildman–Crippen LogP) is 2.48. The molecule has 0 fully saturated rings. The van der Waals surface area contributed by atoms with Crippen molar-refractivity contribution in [2.75, 3.05) is 9.62 Å². The molecule has 2 aromatic rings. The van der Waals surface area contributed by atoms with Crippen LogP contribution in [0.4, 0.5) is 11.4 Å². The number of nitrogens with one attached hydrogen (secondary N) is 1. The Hall–Kier alpha value is -2.87. The quantitative estimate of drug-likeness (QED) is 0.856. The third kappa shape index (κ3) is 3.28. The van der Waals surface area contributed by atoms with Crippen LogP contribution in [-0.2, 0) is 21.2 Å². The summed E-state index contributed by atoms with van der Waals surface area (Å²) < 4.78 is 27.7. The lowest BCUT2D eigenvalue weighted by Crippen LogP contribution is -2.33. The van der Waals surface area contributed by atoms with E-state index in [9.17, 15) is 18.0 Å². The molecule has 1 amide bonds. The van der Waals surface area contributed by atoms with Gasteiger partial charge in [-0.25, -0.2) is 13.2 Å². The van der Waals surface area contributed by atoms with Crippen molar-refractivity contribution in [2.24, 2.45) is 0 Å². The molecule has 0 aliphatic carbocycles. The number of amides is 1. The van der Waals surface area contributed by atoms with Gasteiger partial charge in [-0.3, -0.25) is 9.52 Å². The summed E-state index contributed by atoms with van der Waals surface area (Å²) in [7, 11) is -3.82. The van der Waals surface area contributed by atoms with Gasteiger partial charge in [0, 0.05) is 24.3 Å². The fraction of sp³-hybridized carbons (Fsp3) is 0.222. The van der Waals surface area contributed by atoms with Crippen LogP contribution >= 0.6 is 0 Å². The van der Waals surface area contributed by atoms with Crippen molar-refractivity contribution < 1.29 is 23.1 Å². The van der Waals surface area contributed by atoms with Crippen LogP contribution in [0.5, 0.6) is 0 Å². The first-order valence-electron chi connectivity index (χ1n) is 7.98. The number of carbonyl (C=O) groups is 2. The van der Waals surface area contributed by atoms with Gasteiger partial charge in [-0.1, -0.05) is 0 Å². The Morgan fingerprint density at radius 3 is 2.38 bits per heavy atom. The molecule has 1 aliphatic heterocycles. The first kappa shape index (κ1) is 17.9. The van der Waals surface area contributed by atoms with E-state index in [2.05, 4.69) is 4.72 Å². The van der Waals surface area contributed by atoms with Crippen LogP contribution in [0.25, 0.3) is 0 Å². The van der Waals surface area contributed by atoms with Gasteiger partial charge in [-0.2, -0.15) is 0 Å². The van der Waals surface area contributed by atoms with Crippen molar-refractivity contribution in [1.82, 2.24) is 0 Å². The fourth-order valence-corrected chi connectivity index (χ4v) is 4.26. The molecule has 3 rings (SSSR count). The highest BCUT2D eigenvalue weighted by molar-refractivity contribution is 7.92. The zero-order chi connectivity index (χ0) is 19.1. The van der Waals surface area contributed by atoms with Crippen LogP contribution in [0.2, 0.25) is 0 Å². The average Bonchev–Trinajstić information content (AvgIpc) is 2.89. The van der Waals surface area contributed by atoms with E-state index in [0.717, 1.165) is 11.3 Å². The summed E-state index contributed by atoms with van der Waals surface area (Å²) in [4.78, 5) is 24.4. The number of carbonyl (C=O) groups excluding carboxylic acids is 1. The van der Waals surface area contributed by atoms with E-state index in [-0.39, 0.29) is 28.1 Å². The Balaban J connectivity index is 1.88. The highest BCUT2D eigenvalue weighted by Gasteiger charge is 2.30. The molecule has 0 saturated carbocycles. The molecular formula is C18H18N2O5S. The number of carboxylic acid groups (broad SMARTS) is 1. The summed E-state index contributed by atoms with van der Waals surface area (Å²) >= 11 is 0. The normalized spacial score (nSPS) is 16.2. The first-order valence-corrected chi connectivity index (χ1v) is 9.46. The number of hydrogen-bond acceptors (Lipinski definition) is 4. The number of benzene rings is 2. The summed E-state index contributed by atoms with van der Waals surface area (Å²) in [6, 6.07) is 10.1. The molecule has 0 bridgehead atoms. The van der Waals surface area contributed by atoms with Crippen LogP contribution < -0.4 is 9.62 Å². The first-order chi connectivity index (χ1) is 12.2. The van der Waals surface area contributed by atoms with Gasteiger partial charge in [-0.05, 0) is 61.4 Å². The monoisotopic (exact) mass is 374 g/mol. The van der Waals surface area contributed by atoms with Gasteiger partial charge in [0.2, 0.25) is 5.91 Å². The second-order valence-electron chi connectivity index (χ2n) is 6.22. The minimum Gasteiger partial charge on any atom is -0.478 e. The maximum Gasteiger partial charge on any atom is 0.335 e. The second kappa shape index (κ2) is 6.45. The van der Waals surface area contributed by atoms with Gasteiger partial charge in [0.1, 0.15) is 0 Å². The summed E-state index contributed by atoms with van der Waals surface area (Å²) in [6.07, 6.45) is 0.589. The van der Waals surface area contributed by atoms with E-state index in [1.807, 2.05) is 6.92 Å². The Morgan fingerprint density at radius 2 is 1.81 bits per heavy atom. The van der Waals surface area contributed by atoms with Crippen LogP contribution in [0.3, 0.4) is 0 Å². The number of carboxylic acids is 1. The number of nitrogens with zero attached hydrogens (tertiary/aromatic N) is 1. The lowest BCUT2D eigenvalue weighted by atomic mass is 10.1. The topological polar surface area (TPSA) is 104 Å². The SMILES string of the molecule is CC(=O)N1c2ccc(S(=O)(=O)Nc3ccc(C(=O)O)cc3)cc2C[C@@H]1C. The third-order valence-corrected chi connectivity index (χ3v) is 5.68. The van der Waals surface area contributed by atoms with Gasteiger partial charge in [0.15, 0.2) is 0 Å². The van der Waals surface area contributed by atoms with E-state index in [4.69, 9.17) is 5.11 Å². The van der Waals surface area contributed by atoms with Gasteiger partial charge in [-0.15, -0.1) is 0 Å². The van der Waals surface area contributed by atoms with Crippen molar-refractivity contribution in [3.05, 3.63) is 53.6 Å². The molecule has 8 heteroatoms. The van der Waals surface area contributed by atoms with Gasteiger partial charge in [0.05, 0.1) is 10.5 Å². The Morgan fingerprint density at radius 1 is 1.15 bits per heavy atom. The summed E-state index contributed by atoms with van der Waals surface area (Å²) in [6.45, 7) is 3.40. The predicted molar refractivity (Wildman–Crippen MR) is 97.0 cm³/mol. The fourth-order valence-electron chi connectivity index (χ4n) is 3.15. The second-order valence-corrected chi connectivity index (χ2v) is 7.90. The smallest absolute Gasteiger partial charge is 0.335 e. The molecule has 1 atom stereocenters. The lowest BCUT2D eigenvalue weighted by Gasteiger charge is -2.20. The van der Waals surface area contributed by atoms with Crippen molar-refractivity contribution in [2.45, 2.75) is 31.2 Å². The van der Waals surface area contributed by atoms with E-state index in [1.165, 1.54) is 37.3 Å². The Kier molecular flexibility index (Phi) is 4.45. The van der Waals surface area contributed by atoms with E-state index in [0.29, 0.717) is 6.42 Å². The molecule has 0 radical (unpaired) electrons. The molecule has 136 valence electrons. The van der Waals surface area contributed by atoms with Crippen molar-refractivity contribution >= 4 is 33.3 Å². The van der Waals surface area contributed by atoms with Crippen molar-refractivity contribution in [1.29, 1.82) is 0 Å². The number of rotatable bonds is 4. The molecule has 26 heavy (non-hydrogen) atoms. The van der Waals surface area contributed by atoms with Gasteiger partial charge in [0.25, 0.3) is 10.0 Å².